The summed E-state index contributed by atoms with van der Waals surface area (Å²) in [5.74, 6) is -0.745. The Hall–Kier alpha value is -3.07. The number of carbonyl (C=O) groups is 2. The maximum absolute atomic E-state index is 14.0. The Morgan fingerprint density at radius 3 is 2.00 bits per heavy atom. The van der Waals surface area contributed by atoms with Gasteiger partial charge in [0, 0.05) is 28.7 Å². The van der Waals surface area contributed by atoms with E-state index in [0.717, 1.165) is 15.4 Å². The summed E-state index contributed by atoms with van der Waals surface area (Å²) >= 11 is 12.9. The number of aryl methyl sites for hydroxylation is 2. The van der Waals surface area contributed by atoms with E-state index in [2.05, 4.69) is 5.32 Å². The summed E-state index contributed by atoms with van der Waals surface area (Å²) < 4.78 is 28.9. The van der Waals surface area contributed by atoms with Gasteiger partial charge < -0.3 is 10.2 Å². The molecule has 0 bridgehead atoms. The van der Waals surface area contributed by atoms with Crippen molar-refractivity contribution in [3.8, 4) is 0 Å². The van der Waals surface area contributed by atoms with Gasteiger partial charge in [-0.2, -0.15) is 0 Å². The third-order valence-electron chi connectivity index (χ3n) is 6.35. The van der Waals surface area contributed by atoms with E-state index in [1.54, 1.807) is 55.5 Å². The first-order valence-corrected chi connectivity index (χ1v) is 15.2. The fraction of sp³-hybridized carbons (Fsp3) is 0.333. The van der Waals surface area contributed by atoms with E-state index in [-0.39, 0.29) is 23.3 Å². The summed E-state index contributed by atoms with van der Waals surface area (Å²) in [6.45, 7) is 9.06. The van der Waals surface area contributed by atoms with Crippen molar-refractivity contribution in [2.24, 2.45) is 5.92 Å². The number of rotatable bonds is 11. The van der Waals surface area contributed by atoms with Crippen molar-refractivity contribution in [3.05, 3.63) is 93.5 Å². The SMILES string of the molecule is Cc1cc(C)cc(N(CC(=O)N(Cc2c(Cl)cccc2Cl)[C@@H](C)C(=O)NCC(C)C)S(=O)(=O)c2ccccc2)c1. The van der Waals surface area contributed by atoms with E-state index < -0.39 is 28.5 Å². The fourth-order valence-corrected chi connectivity index (χ4v) is 6.17. The van der Waals surface area contributed by atoms with Gasteiger partial charge in [-0.25, -0.2) is 8.42 Å². The Morgan fingerprint density at radius 1 is 0.875 bits per heavy atom. The quantitative estimate of drug-likeness (QED) is 0.291. The number of hydrogen-bond acceptors (Lipinski definition) is 4. The smallest absolute Gasteiger partial charge is 0.264 e. The topological polar surface area (TPSA) is 86.8 Å². The molecule has 0 radical (unpaired) electrons. The van der Waals surface area contributed by atoms with Crippen LogP contribution < -0.4 is 9.62 Å². The molecule has 0 fully saturated rings. The highest BCUT2D eigenvalue weighted by Gasteiger charge is 2.33. The summed E-state index contributed by atoms with van der Waals surface area (Å²) in [5, 5.41) is 3.53. The second-order valence-corrected chi connectivity index (χ2v) is 12.9. The van der Waals surface area contributed by atoms with E-state index in [9.17, 15) is 18.0 Å². The minimum Gasteiger partial charge on any atom is -0.354 e. The van der Waals surface area contributed by atoms with Crippen LogP contribution in [0.15, 0.2) is 71.6 Å². The molecule has 0 aliphatic rings. The van der Waals surface area contributed by atoms with E-state index in [1.165, 1.54) is 17.0 Å². The van der Waals surface area contributed by atoms with Crippen LogP contribution in [0, 0.1) is 19.8 Å². The lowest BCUT2D eigenvalue weighted by Crippen LogP contribution is -2.51. The van der Waals surface area contributed by atoms with Crippen LogP contribution in [0.3, 0.4) is 0 Å². The summed E-state index contributed by atoms with van der Waals surface area (Å²) in [5.41, 5.74) is 2.50. The number of carbonyl (C=O) groups excluding carboxylic acids is 2. The molecule has 3 rings (SSSR count). The van der Waals surface area contributed by atoms with Crippen molar-refractivity contribution in [1.29, 1.82) is 0 Å². The van der Waals surface area contributed by atoms with Crippen LogP contribution in [-0.4, -0.2) is 44.3 Å². The highest BCUT2D eigenvalue weighted by molar-refractivity contribution is 7.92. The number of nitrogens with one attached hydrogen (secondary N) is 1. The average Bonchev–Trinajstić information content (AvgIpc) is 2.89. The van der Waals surface area contributed by atoms with Gasteiger partial charge in [0.25, 0.3) is 10.0 Å². The predicted octanol–water partition coefficient (Wildman–Crippen LogP) is 6.00. The van der Waals surface area contributed by atoms with E-state index in [0.29, 0.717) is 27.8 Å². The molecule has 1 N–H and O–H groups in total. The van der Waals surface area contributed by atoms with Gasteiger partial charge in [-0.05, 0) is 74.2 Å². The Labute approximate surface area is 247 Å². The fourth-order valence-electron chi connectivity index (χ4n) is 4.23. The third kappa shape index (κ3) is 7.77. The van der Waals surface area contributed by atoms with Gasteiger partial charge in [-0.1, -0.05) is 67.4 Å². The average molecular weight is 605 g/mol. The number of amides is 2. The molecule has 0 aromatic heterocycles. The maximum atomic E-state index is 14.0. The van der Waals surface area contributed by atoms with Crippen LogP contribution in [0.5, 0.6) is 0 Å². The molecule has 0 saturated carbocycles. The summed E-state index contributed by atoms with van der Waals surface area (Å²) in [4.78, 5) is 28.5. The van der Waals surface area contributed by atoms with Gasteiger partial charge in [0.05, 0.1) is 10.6 Å². The van der Waals surface area contributed by atoms with E-state index in [1.807, 2.05) is 33.8 Å². The first kappa shape index (κ1) is 31.5. The molecule has 10 heteroatoms. The van der Waals surface area contributed by atoms with Crippen LogP contribution in [0.25, 0.3) is 0 Å². The molecule has 214 valence electrons. The molecule has 3 aromatic carbocycles. The molecule has 0 saturated heterocycles. The summed E-state index contributed by atoms with van der Waals surface area (Å²) in [7, 11) is -4.14. The van der Waals surface area contributed by atoms with Crippen LogP contribution in [0.4, 0.5) is 5.69 Å². The molecular weight excluding hydrogens is 569 g/mol. The van der Waals surface area contributed by atoms with Gasteiger partial charge in [-0.3, -0.25) is 13.9 Å². The van der Waals surface area contributed by atoms with Crippen LogP contribution >= 0.6 is 23.2 Å². The molecule has 0 unspecified atom stereocenters. The Morgan fingerprint density at radius 2 is 1.45 bits per heavy atom. The van der Waals surface area contributed by atoms with Crippen molar-refractivity contribution >= 4 is 50.7 Å². The Bertz CT molecular complexity index is 1420. The zero-order chi connectivity index (χ0) is 29.6. The highest BCUT2D eigenvalue weighted by atomic mass is 35.5. The number of anilines is 1. The molecule has 0 aliphatic heterocycles. The lowest BCUT2D eigenvalue weighted by atomic mass is 10.1. The molecular formula is C30H35Cl2N3O4S. The molecule has 2 amide bonds. The van der Waals surface area contributed by atoms with Gasteiger partial charge in [0.1, 0.15) is 12.6 Å². The second-order valence-electron chi connectivity index (χ2n) is 10.2. The largest absolute Gasteiger partial charge is 0.354 e. The van der Waals surface area contributed by atoms with Crippen molar-refractivity contribution < 1.29 is 18.0 Å². The summed E-state index contributed by atoms with van der Waals surface area (Å²) in [6, 6.07) is 17.4. The van der Waals surface area contributed by atoms with Gasteiger partial charge in [0.2, 0.25) is 11.8 Å². The first-order valence-electron chi connectivity index (χ1n) is 13.0. The van der Waals surface area contributed by atoms with Crippen LogP contribution in [0.2, 0.25) is 10.0 Å². The molecule has 0 heterocycles. The van der Waals surface area contributed by atoms with E-state index >= 15 is 0 Å². The maximum Gasteiger partial charge on any atom is 0.264 e. The Kier molecular flexibility index (Phi) is 10.6. The number of benzene rings is 3. The molecule has 0 aliphatic carbocycles. The first-order chi connectivity index (χ1) is 18.8. The van der Waals surface area contributed by atoms with Crippen molar-refractivity contribution in [2.45, 2.75) is 52.1 Å². The zero-order valence-electron chi connectivity index (χ0n) is 23.3. The zero-order valence-corrected chi connectivity index (χ0v) is 25.6. The molecule has 1 atom stereocenters. The third-order valence-corrected chi connectivity index (χ3v) is 8.84. The number of hydrogen-bond donors (Lipinski definition) is 1. The van der Waals surface area contributed by atoms with Gasteiger partial charge >= 0.3 is 0 Å². The summed E-state index contributed by atoms with van der Waals surface area (Å²) in [6.07, 6.45) is 0. The van der Waals surface area contributed by atoms with Crippen LogP contribution in [0.1, 0.15) is 37.5 Å². The minimum atomic E-state index is -4.14. The van der Waals surface area contributed by atoms with Crippen molar-refractivity contribution in [3.63, 3.8) is 0 Å². The normalized spacial score (nSPS) is 12.2. The lowest BCUT2D eigenvalue weighted by Gasteiger charge is -2.32. The van der Waals surface area contributed by atoms with Gasteiger partial charge in [0.15, 0.2) is 0 Å². The molecule has 7 nitrogen and oxygen atoms in total. The number of sulfonamides is 1. The van der Waals surface area contributed by atoms with Gasteiger partial charge in [-0.15, -0.1) is 0 Å². The highest BCUT2D eigenvalue weighted by Crippen LogP contribution is 2.29. The lowest BCUT2D eigenvalue weighted by molar-refractivity contribution is -0.139. The minimum absolute atomic E-state index is 0.0467. The Balaban J connectivity index is 2.07. The monoisotopic (exact) mass is 603 g/mol. The van der Waals surface area contributed by atoms with Crippen molar-refractivity contribution in [1.82, 2.24) is 10.2 Å². The molecule has 0 spiro atoms. The number of halogens is 2. The van der Waals surface area contributed by atoms with Crippen molar-refractivity contribution in [2.75, 3.05) is 17.4 Å². The second kappa shape index (κ2) is 13.5. The standard InChI is InChI=1S/C30H35Cl2N3O4S/c1-20(2)17-33-30(37)23(5)34(18-26-27(31)12-9-13-28(26)32)29(36)19-35(24-15-21(3)14-22(4)16-24)40(38,39)25-10-7-6-8-11-25/h6-16,20,23H,17-19H2,1-5H3,(H,33,37)/t23-/m0/s1. The molecule has 3 aromatic rings. The van der Waals surface area contributed by atoms with E-state index in [4.69, 9.17) is 23.2 Å². The predicted molar refractivity (Wildman–Crippen MR) is 161 cm³/mol. The molecule has 40 heavy (non-hydrogen) atoms. The number of nitrogens with zero attached hydrogens (tertiary/aromatic N) is 2. The van der Waals surface area contributed by atoms with Crippen LogP contribution in [-0.2, 0) is 26.2 Å².